The molecule has 0 aromatic heterocycles. The van der Waals surface area contributed by atoms with Crippen LogP contribution in [0, 0.1) is 49.9 Å². The van der Waals surface area contributed by atoms with E-state index < -0.39 is 114 Å². The summed E-state index contributed by atoms with van der Waals surface area (Å²) in [6.07, 6.45) is 25.7. The predicted molar refractivity (Wildman–Crippen MR) is 495 cm³/mol. The Morgan fingerprint density at radius 1 is 0.377 bits per heavy atom. The summed E-state index contributed by atoms with van der Waals surface area (Å²) in [5.41, 5.74) is 2.46. The molecule has 27 heteroatoms. The van der Waals surface area contributed by atoms with Crippen molar-refractivity contribution in [3.8, 4) is 0 Å². The van der Waals surface area contributed by atoms with Gasteiger partial charge >= 0.3 is 11.9 Å². The number of rotatable bonds is 16. The van der Waals surface area contributed by atoms with E-state index in [-0.39, 0.29) is 84.3 Å². The number of primary amides is 1. The molecule has 130 heavy (non-hydrogen) atoms. The Balaban J connectivity index is 0.000000126. The molecule has 7 N–H and O–H groups in total. The SMILES string of the molecule is CCN1[C@@H](C(=O)CC23CCC(C(=O)O)(CC2)CC3)[C@H](c2cccc(Cl)c2F)[C@]2(C(=O)Nc3cc(Cl)ccc32)C12CCCCC2.CN1[C@@H](C(=O)CC23CCC(C(=O)O)(CC2)CC3)[C@H](c2cccc(Cl)c2F)[C@]2(C(=O)Nc3cc(Cl)ccc32)C12CCCCC2.CN1[C@@H](C(=O)CC23CCC(C(N)=O)(CC2)CC3)[C@H](c2cccc(Cl)c2F)[C@]2(C(=O)Nc3cc(Cl)ccc32)C12CCCCC2. The van der Waals surface area contributed by atoms with Crippen LogP contribution in [0.5, 0.6) is 0 Å². The third-order valence-corrected chi connectivity index (χ3v) is 38.8. The number of carboxylic acid groups (broad SMARTS) is 2. The zero-order valence-electron chi connectivity index (χ0n) is 73.9. The Kier molecular flexibility index (Phi) is 23.4. The number of carbonyl (C=O) groups is 9. The molecule has 18 nitrogen and oxygen atoms in total. The van der Waals surface area contributed by atoms with Crippen molar-refractivity contribution in [3.63, 3.8) is 0 Å². The molecule has 3 saturated heterocycles. The molecule has 6 heterocycles. The number of aliphatic carboxylic acids is 2. The van der Waals surface area contributed by atoms with Crippen molar-refractivity contribution in [2.24, 2.45) is 38.2 Å². The molecule has 6 aromatic carbocycles. The summed E-state index contributed by atoms with van der Waals surface area (Å²) in [4.78, 5) is 132. The van der Waals surface area contributed by atoms with E-state index in [2.05, 4.69) is 30.7 Å². The largest absolute Gasteiger partial charge is 0.481 e. The molecule has 9 atom stereocenters. The molecule has 6 bridgehead atoms. The molecule has 18 aliphatic rings. The van der Waals surface area contributed by atoms with E-state index in [1.165, 1.54) is 18.2 Å². The lowest BCUT2D eigenvalue weighted by molar-refractivity contribution is -0.161. The van der Waals surface area contributed by atoms with Gasteiger partial charge in [-0.05, 0) is 279 Å². The van der Waals surface area contributed by atoms with E-state index in [1.807, 2.05) is 39.2 Å². The van der Waals surface area contributed by atoms with Gasteiger partial charge in [0, 0.05) is 91.2 Å². The maximum Gasteiger partial charge on any atom is 0.309 e. The number of halogens is 9. The number of fused-ring (bicyclic) bond motifs is 18. The lowest BCUT2D eigenvalue weighted by atomic mass is 9.51. The fourth-order valence-electron chi connectivity index (χ4n) is 30.8. The summed E-state index contributed by atoms with van der Waals surface area (Å²) in [6.45, 7) is 2.57. The molecule has 24 rings (SSSR count). The molecule has 0 radical (unpaired) electrons. The van der Waals surface area contributed by atoms with Crippen molar-refractivity contribution in [1.29, 1.82) is 0 Å². The molecule has 6 aliphatic heterocycles. The second kappa shape index (κ2) is 33.2. The standard InChI is InChI=1S/C35H39Cl2FN2O4.C34H38Cl2FN3O3.C34H37Cl2FN2O4/c1-2-40-29(26(41)20-32-13-16-33(17-14-32,18-15-32)31(43)44)27(22-7-6-8-24(37)28(22)38)35(34(40)11-4-3-5-12-34)23-10-9-21(36)19-25(23)39-30(35)42;1-40-28(25(41)19-31-12-15-32(16-13-31,17-14-31)29(38)42)26(21-6-5-7-23(36)27(21)37)34(33(40)10-3-2-4-11-33)22-9-8-20(35)18-24(22)39-30(34)43;1-39-28(25(40)19-31-12-15-32(16-13-31,17-14-31)30(42)43)26(21-6-5-7-23(36)27(21)37)34(33(39)10-3-2-4-11-33)22-9-8-20(35)18-24(22)38-29(34)41/h6-10,19,27,29H,2-5,11-18,20H2,1H3,(H,39,42)(H,43,44);5-9,18,26,28H,2-4,10-17,19H2,1H3,(H2,38,42)(H,39,43);5-9,18,26,28H,2-4,10-17,19H2,1H3,(H,38,41)(H,42,43)/t27-,29-,32?,33?,35+;2*26-,28-,31?,32?,34+/m000/s1. The first-order chi connectivity index (χ1) is 62.0. The first-order valence-corrected chi connectivity index (χ1v) is 49.6. The van der Waals surface area contributed by atoms with Crippen molar-refractivity contribution in [2.75, 3.05) is 36.6 Å². The Morgan fingerprint density at radius 3 is 0.931 bits per heavy atom. The average molecular weight is 1900 g/mol. The smallest absolute Gasteiger partial charge is 0.309 e. The van der Waals surface area contributed by atoms with Crippen molar-refractivity contribution in [2.45, 2.75) is 307 Å². The van der Waals surface area contributed by atoms with Crippen LogP contribution in [0.3, 0.4) is 0 Å². The van der Waals surface area contributed by atoms with Gasteiger partial charge in [-0.2, -0.15) is 0 Å². The number of anilines is 3. The second-order valence-corrected chi connectivity index (χ2v) is 44.6. The number of benzene rings is 6. The third-order valence-electron chi connectivity index (χ3n) is 37.3. The van der Waals surface area contributed by atoms with Gasteiger partial charge in [0.2, 0.25) is 23.6 Å². The molecule has 12 saturated carbocycles. The maximum absolute atomic E-state index is 16.3. The number of amides is 4. The molecule has 12 aliphatic carbocycles. The summed E-state index contributed by atoms with van der Waals surface area (Å²) in [7, 11) is 3.92. The van der Waals surface area contributed by atoms with Crippen LogP contribution in [0.2, 0.25) is 30.1 Å². The van der Waals surface area contributed by atoms with Crippen LogP contribution in [0.15, 0.2) is 109 Å². The fourth-order valence-corrected chi connectivity index (χ4v) is 31.8. The van der Waals surface area contributed by atoms with Gasteiger partial charge in [-0.1, -0.05) is 189 Å². The molecule has 0 unspecified atom stereocenters. The highest BCUT2D eigenvalue weighted by molar-refractivity contribution is 6.33. The van der Waals surface area contributed by atoms with E-state index in [0.717, 1.165) is 93.7 Å². The van der Waals surface area contributed by atoms with Crippen LogP contribution < -0.4 is 21.7 Å². The highest BCUT2D eigenvalue weighted by Crippen LogP contribution is 2.73. The number of nitrogens with zero attached hydrogens (tertiary/aromatic N) is 3. The zero-order valence-corrected chi connectivity index (χ0v) is 78.4. The van der Waals surface area contributed by atoms with Gasteiger partial charge in [-0.25, -0.2) is 13.2 Å². The van der Waals surface area contributed by atoms with Crippen molar-refractivity contribution < 1.29 is 66.5 Å². The number of hydrogen-bond acceptors (Lipinski definition) is 12. The normalized spacial score (nSPS) is 34.3. The van der Waals surface area contributed by atoms with Gasteiger partial charge in [-0.3, -0.25) is 57.9 Å². The van der Waals surface area contributed by atoms with Crippen LogP contribution in [0.25, 0.3) is 0 Å². The lowest BCUT2D eigenvalue weighted by Gasteiger charge is -2.52. The highest BCUT2D eigenvalue weighted by Gasteiger charge is 2.79. The summed E-state index contributed by atoms with van der Waals surface area (Å²) in [5.74, 6) is -6.49. The number of Topliss-reactive ketones (excluding diaryl/α,β-unsaturated/α-hetero) is 3. The van der Waals surface area contributed by atoms with Crippen LogP contribution in [-0.2, 0) is 59.4 Å². The first-order valence-electron chi connectivity index (χ1n) is 47.3. The van der Waals surface area contributed by atoms with Crippen molar-refractivity contribution in [3.05, 3.63) is 190 Å². The van der Waals surface area contributed by atoms with Crippen LogP contribution >= 0.6 is 69.6 Å². The van der Waals surface area contributed by atoms with E-state index >= 15 is 18.0 Å². The summed E-state index contributed by atoms with van der Waals surface area (Å²) in [6, 6.07) is 28.8. The summed E-state index contributed by atoms with van der Waals surface area (Å²) < 4.78 is 48.8. The molecular formula is C103H114Cl6F3N7O11. The Morgan fingerprint density at radius 2 is 0.646 bits per heavy atom. The predicted octanol–water partition coefficient (Wildman–Crippen LogP) is 22.3. The minimum atomic E-state index is -1.23. The number of nitrogens with one attached hydrogen (secondary N) is 3. The monoisotopic (exact) mass is 1890 g/mol. The minimum Gasteiger partial charge on any atom is -0.481 e. The van der Waals surface area contributed by atoms with Crippen LogP contribution in [0.1, 0.15) is 289 Å². The zero-order chi connectivity index (χ0) is 91.8. The number of carbonyl (C=O) groups excluding carboxylic acids is 7. The van der Waals surface area contributed by atoms with E-state index in [4.69, 9.17) is 75.3 Å². The van der Waals surface area contributed by atoms with E-state index in [0.29, 0.717) is 197 Å². The fraction of sp³-hybridized carbons (Fsp3) is 0.563. The van der Waals surface area contributed by atoms with Gasteiger partial charge in [0.25, 0.3) is 0 Å². The van der Waals surface area contributed by atoms with Gasteiger partial charge in [0.05, 0.1) is 44.0 Å². The number of hydrogen-bond donors (Lipinski definition) is 6. The lowest BCUT2D eigenvalue weighted by Crippen LogP contribution is -2.61. The molecule has 690 valence electrons. The quantitative estimate of drug-likeness (QED) is 0.0526. The van der Waals surface area contributed by atoms with Crippen molar-refractivity contribution >= 4 is 140 Å². The molecular weight excluding hydrogens is 1780 g/mol. The van der Waals surface area contributed by atoms with Gasteiger partial charge in [0.15, 0.2) is 17.3 Å². The van der Waals surface area contributed by atoms with Gasteiger partial charge in [0.1, 0.15) is 33.7 Å². The summed E-state index contributed by atoms with van der Waals surface area (Å²) in [5, 5.41) is 30.6. The van der Waals surface area contributed by atoms with E-state index in [1.54, 1.807) is 72.8 Å². The topological polar surface area (TPSA) is 266 Å². The molecule has 15 fully saturated rings. The Hall–Kier alpha value is -7.44. The van der Waals surface area contributed by atoms with Crippen LogP contribution in [0.4, 0.5) is 30.2 Å². The van der Waals surface area contributed by atoms with Gasteiger partial charge in [-0.15, -0.1) is 0 Å². The van der Waals surface area contributed by atoms with Crippen molar-refractivity contribution in [1.82, 2.24) is 14.7 Å². The highest BCUT2D eigenvalue weighted by atomic mass is 35.5. The Labute approximate surface area is 787 Å². The molecule has 4 amide bonds. The van der Waals surface area contributed by atoms with Crippen LogP contribution in [-0.4, -0.2) is 133 Å². The maximum atomic E-state index is 16.3. The summed E-state index contributed by atoms with van der Waals surface area (Å²) >= 11 is 38.4. The minimum absolute atomic E-state index is 0.00589. The number of carboxylic acids is 2. The van der Waals surface area contributed by atoms with Gasteiger partial charge < -0.3 is 31.9 Å². The second-order valence-electron chi connectivity index (χ2n) is 42.1. The van der Waals surface area contributed by atoms with E-state index in [9.17, 15) is 48.6 Å². The average Bonchev–Trinajstić information content (AvgIpc) is 1.49. The number of likely N-dealkylation sites (tertiary alicyclic amines) is 3. The third kappa shape index (κ3) is 13.3. The number of ketones is 3. The number of likely N-dealkylation sites (N-methyl/N-ethyl adjacent to an activating group) is 3. The Bertz CT molecular complexity index is 5410. The molecule has 6 spiro atoms. The first kappa shape index (κ1) is 91.7. The molecule has 6 aromatic rings. The number of nitrogens with two attached hydrogens (primary N) is 1.